The number of hydrogen-bond acceptors (Lipinski definition) is 6. The van der Waals surface area contributed by atoms with Crippen LogP contribution in [0.25, 0.3) is 21.7 Å². The van der Waals surface area contributed by atoms with Crippen molar-refractivity contribution in [3.05, 3.63) is 76.6 Å². The number of anilines is 1. The zero-order chi connectivity index (χ0) is 26.3. The molecular formula is C30H29N5O3S. The SMILES string of the molecule is O=C(NC1CCOCC1)c1cc2c(s1)-c1ccccc1N(C(=O)c1cccc(-c3cn[nH]c3C3CC3)n1)CC2. The van der Waals surface area contributed by atoms with Crippen molar-refractivity contribution in [3.8, 4) is 21.7 Å². The normalized spacial score (nSPS) is 17.3. The van der Waals surface area contributed by atoms with Crippen LogP contribution in [0.3, 0.4) is 0 Å². The van der Waals surface area contributed by atoms with Gasteiger partial charge in [0.15, 0.2) is 0 Å². The van der Waals surface area contributed by atoms with Crippen molar-refractivity contribution < 1.29 is 14.3 Å². The average Bonchev–Trinajstić information content (AvgIpc) is 3.58. The van der Waals surface area contributed by atoms with E-state index in [0.717, 1.165) is 64.3 Å². The zero-order valence-electron chi connectivity index (χ0n) is 21.5. The minimum absolute atomic E-state index is 0.0313. The second-order valence-electron chi connectivity index (χ2n) is 10.4. The number of thiophene rings is 1. The van der Waals surface area contributed by atoms with Crippen molar-refractivity contribution in [1.82, 2.24) is 20.5 Å². The molecule has 2 amide bonds. The lowest BCUT2D eigenvalue weighted by Gasteiger charge is -2.23. The van der Waals surface area contributed by atoms with Crippen LogP contribution < -0.4 is 10.2 Å². The van der Waals surface area contributed by atoms with Crippen molar-refractivity contribution in [2.75, 3.05) is 24.7 Å². The van der Waals surface area contributed by atoms with Crippen molar-refractivity contribution in [1.29, 1.82) is 0 Å². The molecule has 9 heteroatoms. The summed E-state index contributed by atoms with van der Waals surface area (Å²) in [7, 11) is 0. The summed E-state index contributed by atoms with van der Waals surface area (Å²) >= 11 is 1.50. The van der Waals surface area contributed by atoms with Crippen molar-refractivity contribution in [2.45, 2.75) is 44.1 Å². The van der Waals surface area contributed by atoms with Gasteiger partial charge in [-0.2, -0.15) is 5.10 Å². The number of nitrogens with zero attached hydrogens (tertiary/aromatic N) is 3. The minimum Gasteiger partial charge on any atom is -0.381 e. The molecule has 3 aliphatic rings. The number of aromatic nitrogens is 3. The number of aromatic amines is 1. The monoisotopic (exact) mass is 539 g/mol. The number of amides is 2. The molecule has 1 aliphatic carbocycles. The maximum atomic E-state index is 13.9. The van der Waals surface area contributed by atoms with Gasteiger partial charge in [0.2, 0.25) is 0 Å². The van der Waals surface area contributed by atoms with E-state index in [1.807, 2.05) is 47.4 Å². The van der Waals surface area contributed by atoms with Crippen LogP contribution in [0.4, 0.5) is 5.69 Å². The number of H-pyrrole nitrogens is 1. The molecule has 39 heavy (non-hydrogen) atoms. The number of benzene rings is 1. The molecule has 3 aromatic heterocycles. The summed E-state index contributed by atoms with van der Waals surface area (Å²) in [5, 5.41) is 10.5. The molecule has 0 spiro atoms. The molecule has 2 aliphatic heterocycles. The largest absolute Gasteiger partial charge is 0.381 e. The van der Waals surface area contributed by atoms with Crippen LogP contribution in [0.15, 0.2) is 54.7 Å². The van der Waals surface area contributed by atoms with E-state index in [4.69, 9.17) is 9.72 Å². The van der Waals surface area contributed by atoms with Gasteiger partial charge in [-0.05, 0) is 61.9 Å². The third kappa shape index (κ3) is 4.66. The van der Waals surface area contributed by atoms with Crippen LogP contribution in [-0.4, -0.2) is 52.8 Å². The maximum Gasteiger partial charge on any atom is 0.276 e. The fraction of sp³-hybridized carbons (Fsp3) is 0.333. The average molecular weight is 540 g/mol. The van der Waals surface area contributed by atoms with Crippen molar-refractivity contribution in [2.24, 2.45) is 0 Å². The predicted octanol–water partition coefficient (Wildman–Crippen LogP) is 5.19. The molecule has 2 N–H and O–H groups in total. The molecule has 4 aromatic rings. The highest BCUT2D eigenvalue weighted by molar-refractivity contribution is 7.17. The molecule has 7 rings (SSSR count). The van der Waals surface area contributed by atoms with E-state index < -0.39 is 0 Å². The highest BCUT2D eigenvalue weighted by Gasteiger charge is 2.31. The number of carbonyl (C=O) groups is 2. The van der Waals surface area contributed by atoms with Gasteiger partial charge in [0.25, 0.3) is 11.8 Å². The smallest absolute Gasteiger partial charge is 0.276 e. The molecule has 0 unspecified atom stereocenters. The fourth-order valence-electron chi connectivity index (χ4n) is 5.54. The van der Waals surface area contributed by atoms with Crippen LogP contribution >= 0.6 is 11.3 Å². The van der Waals surface area contributed by atoms with Crippen molar-refractivity contribution in [3.63, 3.8) is 0 Å². The lowest BCUT2D eigenvalue weighted by Crippen LogP contribution is -2.38. The summed E-state index contributed by atoms with van der Waals surface area (Å²) in [6.45, 7) is 1.88. The summed E-state index contributed by atoms with van der Waals surface area (Å²) in [6.07, 6.45) is 6.45. The molecular weight excluding hydrogens is 510 g/mol. The van der Waals surface area contributed by atoms with Gasteiger partial charge in [0, 0.05) is 53.4 Å². The number of para-hydroxylation sites is 1. The van der Waals surface area contributed by atoms with Crippen LogP contribution in [-0.2, 0) is 11.2 Å². The Morgan fingerprint density at radius 3 is 2.72 bits per heavy atom. The Balaban J connectivity index is 1.17. The number of pyridine rings is 1. The van der Waals surface area contributed by atoms with Gasteiger partial charge in [-0.3, -0.25) is 14.7 Å². The first-order valence-corrected chi connectivity index (χ1v) is 14.4. The van der Waals surface area contributed by atoms with E-state index in [0.29, 0.717) is 42.7 Å². The molecule has 8 nitrogen and oxygen atoms in total. The Hall–Kier alpha value is -3.82. The molecule has 5 heterocycles. The first-order valence-electron chi connectivity index (χ1n) is 13.6. The molecule has 0 radical (unpaired) electrons. The van der Waals surface area contributed by atoms with E-state index in [1.54, 1.807) is 12.3 Å². The lowest BCUT2D eigenvalue weighted by atomic mass is 10.1. The molecule has 1 saturated carbocycles. The van der Waals surface area contributed by atoms with Gasteiger partial charge in [-0.15, -0.1) is 11.3 Å². The lowest BCUT2D eigenvalue weighted by molar-refractivity contribution is 0.0698. The van der Waals surface area contributed by atoms with Gasteiger partial charge < -0.3 is 15.0 Å². The van der Waals surface area contributed by atoms with Gasteiger partial charge >= 0.3 is 0 Å². The van der Waals surface area contributed by atoms with Crippen LogP contribution in [0, 0.1) is 0 Å². The summed E-state index contributed by atoms with van der Waals surface area (Å²) in [6, 6.07) is 15.7. The van der Waals surface area contributed by atoms with Crippen LogP contribution in [0.5, 0.6) is 0 Å². The Kier molecular flexibility index (Phi) is 6.25. The minimum atomic E-state index is -0.131. The Bertz CT molecular complexity index is 1550. The van der Waals surface area contributed by atoms with Crippen LogP contribution in [0.2, 0.25) is 0 Å². The second kappa shape index (κ2) is 10.1. The number of nitrogens with one attached hydrogen (secondary N) is 2. The highest BCUT2D eigenvalue weighted by Crippen LogP contribution is 2.43. The van der Waals surface area contributed by atoms with E-state index in [9.17, 15) is 9.59 Å². The van der Waals surface area contributed by atoms with E-state index in [1.165, 1.54) is 11.3 Å². The van der Waals surface area contributed by atoms with Gasteiger partial charge in [-0.1, -0.05) is 24.3 Å². The number of hydrogen-bond donors (Lipinski definition) is 2. The first kappa shape index (κ1) is 24.2. The number of fused-ring (bicyclic) bond motifs is 3. The predicted molar refractivity (Wildman–Crippen MR) is 150 cm³/mol. The highest BCUT2D eigenvalue weighted by atomic mass is 32.1. The number of rotatable bonds is 5. The first-order chi connectivity index (χ1) is 19.2. The molecule has 1 aromatic carbocycles. The zero-order valence-corrected chi connectivity index (χ0v) is 22.3. The van der Waals surface area contributed by atoms with E-state index in [-0.39, 0.29) is 17.9 Å². The summed E-state index contributed by atoms with van der Waals surface area (Å²) in [5.74, 6) is 0.341. The quantitative estimate of drug-likeness (QED) is 0.364. The summed E-state index contributed by atoms with van der Waals surface area (Å²) in [4.78, 5) is 35.3. The Morgan fingerprint density at radius 2 is 1.87 bits per heavy atom. The number of carbonyl (C=O) groups excluding carboxylic acids is 2. The third-order valence-electron chi connectivity index (χ3n) is 7.78. The molecule has 1 saturated heterocycles. The Morgan fingerprint density at radius 1 is 1.03 bits per heavy atom. The van der Waals surface area contributed by atoms with Crippen LogP contribution in [0.1, 0.15) is 63.0 Å². The molecule has 0 bridgehead atoms. The molecule has 198 valence electrons. The summed E-state index contributed by atoms with van der Waals surface area (Å²) < 4.78 is 5.42. The fourth-order valence-corrected chi connectivity index (χ4v) is 6.69. The van der Waals surface area contributed by atoms with Crippen molar-refractivity contribution >= 4 is 28.8 Å². The van der Waals surface area contributed by atoms with Gasteiger partial charge in [-0.25, -0.2) is 4.98 Å². The standard InChI is InChI=1S/C30H29N5O3S/c36-29(32-20-11-14-38-15-12-20)26-16-19-10-13-35(25-7-2-1-4-21(25)28(19)39-26)30(37)24-6-3-5-23(33-24)22-17-31-34-27(22)18-8-9-18/h1-7,16-18,20H,8-15H2,(H,31,34)(H,32,36). The second-order valence-corrected chi connectivity index (χ2v) is 11.5. The van der Waals surface area contributed by atoms with Gasteiger partial charge in [0.05, 0.1) is 22.5 Å². The third-order valence-corrected chi connectivity index (χ3v) is 8.99. The van der Waals surface area contributed by atoms with E-state index >= 15 is 0 Å². The topological polar surface area (TPSA) is 100 Å². The number of ether oxygens (including phenoxy) is 1. The summed E-state index contributed by atoms with van der Waals surface area (Å²) in [5.41, 5.74) is 6.15. The van der Waals surface area contributed by atoms with Gasteiger partial charge in [0.1, 0.15) is 5.69 Å². The molecule has 0 atom stereocenters. The molecule has 2 fully saturated rings. The van der Waals surface area contributed by atoms with E-state index in [2.05, 4.69) is 15.5 Å². The maximum absolute atomic E-state index is 13.9. The Labute approximate surface area is 230 Å².